The molecule has 0 aromatic heterocycles. The number of ether oxygens (including phenoxy) is 1. The second-order valence-corrected chi connectivity index (χ2v) is 15.0. The fourth-order valence-electron chi connectivity index (χ4n) is 11.0. The third-order valence-corrected chi connectivity index (χ3v) is 13.5. The summed E-state index contributed by atoms with van der Waals surface area (Å²) in [4.78, 5) is 39.1. The van der Waals surface area contributed by atoms with E-state index in [1.807, 2.05) is 0 Å². The Morgan fingerprint density at radius 2 is 1.62 bits per heavy atom. The van der Waals surface area contributed by atoms with Crippen molar-refractivity contribution in [3.63, 3.8) is 0 Å². The van der Waals surface area contributed by atoms with Crippen molar-refractivity contribution < 1.29 is 24.2 Å². The van der Waals surface area contributed by atoms with Crippen LogP contribution in [0.15, 0.2) is 11.6 Å². The number of carboxylic acids is 1. The maximum atomic E-state index is 14.4. The van der Waals surface area contributed by atoms with Gasteiger partial charge in [-0.2, -0.15) is 0 Å². The molecule has 206 valence electrons. The number of fused-ring (bicyclic) bond motifs is 7. The van der Waals surface area contributed by atoms with Crippen molar-refractivity contribution in [3.05, 3.63) is 11.6 Å². The van der Waals surface area contributed by atoms with E-state index in [0.29, 0.717) is 30.6 Å². The molecule has 0 radical (unpaired) electrons. The first-order valence-electron chi connectivity index (χ1n) is 14.7. The van der Waals surface area contributed by atoms with Gasteiger partial charge >= 0.3 is 11.9 Å². The van der Waals surface area contributed by atoms with Crippen LogP contribution in [0.4, 0.5) is 0 Å². The Labute approximate surface area is 223 Å². The first-order chi connectivity index (χ1) is 17.1. The van der Waals surface area contributed by atoms with Crippen molar-refractivity contribution >= 4 is 17.7 Å². The molecule has 5 aliphatic carbocycles. The fraction of sp³-hybridized carbons (Fsp3) is 0.844. The molecule has 5 aliphatic rings. The Morgan fingerprint density at radius 3 is 2.24 bits per heavy atom. The SMILES string of the molecule is CC(=O)O[C@@H]1CC[C@@]2(C)[C@@H](CC[C@]3(C)[C@@H]2C(=O)C=C2[C@@H]4[C@@H](C)[C@H](C)CCC4(C)CC[C@]23C)[C@@]1(C)C(=O)O. The van der Waals surface area contributed by atoms with Crippen molar-refractivity contribution in [2.24, 2.45) is 56.7 Å². The lowest BCUT2D eigenvalue weighted by Gasteiger charge is -2.70. The minimum atomic E-state index is -1.20. The van der Waals surface area contributed by atoms with Crippen LogP contribution in [0.25, 0.3) is 0 Å². The van der Waals surface area contributed by atoms with Gasteiger partial charge in [-0.3, -0.25) is 14.4 Å². The molecule has 11 atom stereocenters. The van der Waals surface area contributed by atoms with E-state index in [0.717, 1.165) is 19.3 Å². The highest BCUT2D eigenvalue weighted by molar-refractivity contribution is 5.96. The van der Waals surface area contributed by atoms with E-state index < -0.39 is 28.9 Å². The number of hydrogen-bond donors (Lipinski definition) is 1. The number of ketones is 1. The van der Waals surface area contributed by atoms with Crippen LogP contribution in [-0.2, 0) is 19.1 Å². The van der Waals surface area contributed by atoms with Gasteiger partial charge in [-0.1, -0.05) is 47.1 Å². The Hall–Kier alpha value is -1.65. The summed E-state index contributed by atoms with van der Waals surface area (Å²) in [6.07, 6.45) is 8.96. The minimum absolute atomic E-state index is 0.0680. The van der Waals surface area contributed by atoms with Crippen LogP contribution in [0.1, 0.15) is 107 Å². The maximum absolute atomic E-state index is 14.4. The maximum Gasteiger partial charge on any atom is 0.313 e. The standard InChI is InChI=1S/C32H48O5/c1-18-9-12-28(4)15-16-30(6)21(25(28)19(18)2)17-22(34)26-29(5)13-11-24(37-20(3)33)32(8,27(35)36)23(29)10-14-31(26,30)7/h17-19,23-26H,9-16H2,1-8H3,(H,35,36)/t18-,19+,23-,24-,25+,26-,28?,29+,30-,31-,32-/m1/s1. The molecule has 5 heteroatoms. The molecule has 37 heavy (non-hydrogen) atoms. The number of aliphatic carboxylic acids is 1. The molecule has 0 saturated heterocycles. The smallest absolute Gasteiger partial charge is 0.313 e. The Balaban J connectivity index is 1.62. The summed E-state index contributed by atoms with van der Waals surface area (Å²) in [6.45, 7) is 17.4. The normalized spacial score (nSPS) is 53.1. The molecule has 0 heterocycles. The Morgan fingerprint density at radius 1 is 0.946 bits per heavy atom. The van der Waals surface area contributed by atoms with Crippen LogP contribution >= 0.6 is 0 Å². The quantitative estimate of drug-likeness (QED) is 0.410. The highest BCUT2D eigenvalue weighted by atomic mass is 16.5. The summed E-state index contributed by atoms with van der Waals surface area (Å²) in [5.74, 6) is 0.0756. The number of allylic oxidation sites excluding steroid dienone is 2. The lowest BCUT2D eigenvalue weighted by molar-refractivity contribution is -0.220. The monoisotopic (exact) mass is 512 g/mol. The van der Waals surface area contributed by atoms with E-state index in [1.54, 1.807) is 6.92 Å². The number of carbonyl (C=O) groups is 3. The van der Waals surface area contributed by atoms with E-state index in [9.17, 15) is 19.5 Å². The van der Waals surface area contributed by atoms with Crippen LogP contribution in [0.5, 0.6) is 0 Å². The number of hydrogen-bond acceptors (Lipinski definition) is 4. The molecular weight excluding hydrogens is 464 g/mol. The fourth-order valence-corrected chi connectivity index (χ4v) is 11.0. The molecule has 1 N–H and O–H groups in total. The summed E-state index contributed by atoms with van der Waals surface area (Å²) in [7, 11) is 0. The number of carboxylic acid groups (broad SMARTS) is 1. The van der Waals surface area contributed by atoms with Gasteiger partial charge in [-0.25, -0.2) is 0 Å². The van der Waals surface area contributed by atoms with Crippen molar-refractivity contribution in [1.29, 1.82) is 0 Å². The molecule has 0 spiro atoms. The average Bonchev–Trinajstić information content (AvgIpc) is 2.79. The molecule has 0 bridgehead atoms. The summed E-state index contributed by atoms with van der Waals surface area (Å²) in [5.41, 5.74) is -0.280. The molecule has 5 nitrogen and oxygen atoms in total. The summed E-state index contributed by atoms with van der Waals surface area (Å²) >= 11 is 0. The van der Waals surface area contributed by atoms with Gasteiger partial charge in [-0.15, -0.1) is 0 Å². The van der Waals surface area contributed by atoms with E-state index in [1.165, 1.54) is 31.8 Å². The lowest BCUT2D eigenvalue weighted by atomic mass is 9.33. The summed E-state index contributed by atoms with van der Waals surface area (Å²) in [6, 6.07) is 0. The van der Waals surface area contributed by atoms with Crippen LogP contribution in [0, 0.1) is 56.7 Å². The van der Waals surface area contributed by atoms with E-state index in [4.69, 9.17) is 4.74 Å². The summed E-state index contributed by atoms with van der Waals surface area (Å²) in [5, 5.41) is 10.5. The van der Waals surface area contributed by atoms with Gasteiger partial charge in [0.2, 0.25) is 0 Å². The highest BCUT2D eigenvalue weighted by Crippen LogP contribution is 2.75. The lowest BCUT2D eigenvalue weighted by Crippen LogP contribution is -2.68. The third-order valence-electron chi connectivity index (χ3n) is 13.5. The predicted molar refractivity (Wildman–Crippen MR) is 143 cm³/mol. The van der Waals surface area contributed by atoms with Crippen molar-refractivity contribution in [2.75, 3.05) is 0 Å². The van der Waals surface area contributed by atoms with Crippen molar-refractivity contribution in [2.45, 2.75) is 113 Å². The second-order valence-electron chi connectivity index (χ2n) is 15.0. The first-order valence-corrected chi connectivity index (χ1v) is 14.7. The van der Waals surface area contributed by atoms with E-state index >= 15 is 0 Å². The topological polar surface area (TPSA) is 80.7 Å². The predicted octanol–water partition coefficient (Wildman–Crippen LogP) is 6.84. The van der Waals surface area contributed by atoms with Gasteiger partial charge in [-0.05, 0) is 110 Å². The molecule has 4 saturated carbocycles. The Kier molecular flexibility index (Phi) is 5.95. The largest absolute Gasteiger partial charge is 0.481 e. The zero-order chi connectivity index (χ0) is 27.3. The molecular formula is C32H48O5. The molecule has 0 aliphatic heterocycles. The molecule has 0 aromatic rings. The molecule has 1 unspecified atom stereocenters. The number of esters is 1. The van der Waals surface area contributed by atoms with Gasteiger partial charge in [0.25, 0.3) is 0 Å². The van der Waals surface area contributed by atoms with Crippen molar-refractivity contribution in [3.8, 4) is 0 Å². The van der Waals surface area contributed by atoms with Crippen LogP contribution < -0.4 is 0 Å². The van der Waals surface area contributed by atoms with Gasteiger partial charge in [0, 0.05) is 12.8 Å². The Bertz CT molecular complexity index is 1060. The number of rotatable bonds is 2. The zero-order valence-corrected chi connectivity index (χ0v) is 24.3. The highest BCUT2D eigenvalue weighted by Gasteiger charge is 2.72. The molecule has 0 amide bonds. The average molecular weight is 513 g/mol. The van der Waals surface area contributed by atoms with Crippen LogP contribution in [0.2, 0.25) is 0 Å². The van der Waals surface area contributed by atoms with Crippen molar-refractivity contribution in [1.82, 2.24) is 0 Å². The van der Waals surface area contributed by atoms with Gasteiger partial charge in [0.1, 0.15) is 11.5 Å². The van der Waals surface area contributed by atoms with E-state index in [-0.39, 0.29) is 33.9 Å². The van der Waals surface area contributed by atoms with Crippen LogP contribution in [0.3, 0.4) is 0 Å². The zero-order valence-electron chi connectivity index (χ0n) is 24.3. The summed E-state index contributed by atoms with van der Waals surface area (Å²) < 4.78 is 5.63. The van der Waals surface area contributed by atoms with Crippen LogP contribution in [-0.4, -0.2) is 28.9 Å². The van der Waals surface area contributed by atoms with Gasteiger partial charge in [0.05, 0.1) is 0 Å². The van der Waals surface area contributed by atoms with Gasteiger partial charge in [0.15, 0.2) is 5.78 Å². The number of carbonyl (C=O) groups excluding carboxylic acids is 2. The van der Waals surface area contributed by atoms with Gasteiger partial charge < -0.3 is 9.84 Å². The molecule has 4 fully saturated rings. The minimum Gasteiger partial charge on any atom is -0.481 e. The second kappa shape index (κ2) is 8.18. The molecule has 0 aromatic carbocycles. The van der Waals surface area contributed by atoms with E-state index in [2.05, 4.69) is 47.6 Å². The third kappa shape index (κ3) is 3.30. The first kappa shape index (κ1) is 26.9. The molecule has 5 rings (SSSR count).